The molecule has 0 unspecified atom stereocenters. The Kier molecular flexibility index (Phi) is 6.25. The number of unbranched alkanes of at least 4 members (excludes halogenated alkanes) is 1. The average molecular weight is 352 g/mol. The monoisotopic (exact) mass is 351 g/mol. The van der Waals surface area contributed by atoms with Crippen molar-refractivity contribution in [3.05, 3.63) is 52.3 Å². The largest absolute Gasteiger partial charge is 0.373 e. The van der Waals surface area contributed by atoms with Crippen LogP contribution in [0.3, 0.4) is 0 Å². The number of nitrogens with one attached hydrogen (secondary N) is 1. The second-order valence-electron chi connectivity index (χ2n) is 5.29. The molecule has 6 heteroatoms. The van der Waals surface area contributed by atoms with Crippen LogP contribution in [0.25, 0.3) is 0 Å². The van der Waals surface area contributed by atoms with E-state index in [1.165, 1.54) is 0 Å². The molecule has 1 heterocycles. The Morgan fingerprint density at radius 1 is 1.22 bits per heavy atom. The summed E-state index contributed by atoms with van der Waals surface area (Å²) in [5, 5.41) is 3.67. The summed E-state index contributed by atoms with van der Waals surface area (Å²) < 4.78 is 0. The summed E-state index contributed by atoms with van der Waals surface area (Å²) >= 11 is 11.8. The van der Waals surface area contributed by atoms with Gasteiger partial charge in [0.25, 0.3) is 5.91 Å². The predicted molar refractivity (Wildman–Crippen MR) is 96.8 cm³/mol. The van der Waals surface area contributed by atoms with Crippen LogP contribution in [0.5, 0.6) is 0 Å². The number of hydrogen-bond donors (Lipinski definition) is 1. The Morgan fingerprint density at radius 3 is 2.48 bits per heavy atom. The fourth-order valence-electron chi connectivity index (χ4n) is 2.09. The molecule has 0 aliphatic carbocycles. The molecule has 1 aromatic carbocycles. The van der Waals surface area contributed by atoms with E-state index < -0.39 is 0 Å². The molecule has 0 radical (unpaired) electrons. The van der Waals surface area contributed by atoms with Gasteiger partial charge in [0.15, 0.2) is 0 Å². The predicted octanol–water partition coefficient (Wildman–Crippen LogP) is 4.88. The lowest BCUT2D eigenvalue weighted by molar-refractivity contribution is 0.102. The van der Waals surface area contributed by atoms with Gasteiger partial charge < -0.3 is 10.2 Å². The molecule has 2 aromatic rings. The average Bonchev–Trinajstić information content (AvgIpc) is 2.51. The van der Waals surface area contributed by atoms with Gasteiger partial charge in [-0.3, -0.25) is 4.79 Å². The number of anilines is 2. The van der Waals surface area contributed by atoms with Gasteiger partial charge >= 0.3 is 0 Å². The summed E-state index contributed by atoms with van der Waals surface area (Å²) in [6.07, 6.45) is 3.96. The molecule has 0 bridgehead atoms. The normalized spacial score (nSPS) is 10.4. The van der Waals surface area contributed by atoms with Crippen molar-refractivity contribution in [3.8, 4) is 0 Å². The van der Waals surface area contributed by atoms with Gasteiger partial charge in [-0.2, -0.15) is 0 Å². The number of aromatic nitrogens is 1. The molecule has 0 fully saturated rings. The first kappa shape index (κ1) is 17.6. The Morgan fingerprint density at radius 2 is 1.91 bits per heavy atom. The van der Waals surface area contributed by atoms with Crippen molar-refractivity contribution in [2.45, 2.75) is 19.8 Å². The molecular formula is C17H19Cl2N3O. The number of amides is 1. The molecule has 1 aromatic heterocycles. The first-order valence-corrected chi connectivity index (χ1v) is 8.20. The zero-order valence-corrected chi connectivity index (χ0v) is 14.7. The lowest BCUT2D eigenvalue weighted by Crippen LogP contribution is -2.19. The quantitative estimate of drug-likeness (QED) is 0.806. The maximum absolute atomic E-state index is 12.2. The van der Waals surface area contributed by atoms with Gasteiger partial charge in [0.2, 0.25) is 0 Å². The number of carbonyl (C=O) groups excluding carboxylic acids is 1. The van der Waals surface area contributed by atoms with Crippen molar-refractivity contribution in [3.63, 3.8) is 0 Å². The van der Waals surface area contributed by atoms with Crippen LogP contribution in [0.2, 0.25) is 10.0 Å². The fourth-order valence-corrected chi connectivity index (χ4v) is 2.62. The third kappa shape index (κ3) is 5.12. The molecule has 0 saturated carbocycles. The summed E-state index contributed by atoms with van der Waals surface area (Å²) in [5.74, 6) is -0.300. The van der Waals surface area contributed by atoms with Crippen molar-refractivity contribution >= 4 is 40.5 Å². The topological polar surface area (TPSA) is 45.2 Å². The second-order valence-corrected chi connectivity index (χ2v) is 6.16. The second kappa shape index (κ2) is 8.18. The summed E-state index contributed by atoms with van der Waals surface area (Å²) in [7, 11) is 2.01. The maximum Gasteiger partial charge on any atom is 0.274 e. The van der Waals surface area contributed by atoms with E-state index >= 15 is 0 Å². The van der Waals surface area contributed by atoms with E-state index in [2.05, 4.69) is 22.1 Å². The van der Waals surface area contributed by atoms with Crippen molar-refractivity contribution in [1.82, 2.24) is 4.98 Å². The lowest BCUT2D eigenvalue weighted by atomic mass is 10.2. The van der Waals surface area contributed by atoms with Gasteiger partial charge in [0.05, 0.1) is 11.9 Å². The van der Waals surface area contributed by atoms with E-state index in [4.69, 9.17) is 23.2 Å². The number of nitrogens with zero attached hydrogens (tertiary/aromatic N) is 2. The molecule has 1 amide bonds. The standard InChI is InChI=1S/C17H19Cl2N3O/c1-3-4-7-22(2)15-5-6-16(20-11-15)17(23)21-14-9-12(18)8-13(19)10-14/h5-6,8-11H,3-4,7H2,1-2H3,(H,21,23). The molecule has 0 aliphatic rings. The minimum absolute atomic E-state index is 0.300. The highest BCUT2D eigenvalue weighted by Gasteiger charge is 2.10. The van der Waals surface area contributed by atoms with Crippen LogP contribution >= 0.6 is 23.2 Å². The molecule has 0 atom stereocenters. The van der Waals surface area contributed by atoms with Gasteiger partial charge in [-0.1, -0.05) is 36.5 Å². The number of carbonyl (C=O) groups is 1. The van der Waals surface area contributed by atoms with E-state index in [1.807, 2.05) is 13.1 Å². The van der Waals surface area contributed by atoms with Crippen molar-refractivity contribution in [2.75, 3.05) is 23.8 Å². The Labute approximate surface area is 146 Å². The fraction of sp³-hybridized carbons (Fsp3) is 0.294. The van der Waals surface area contributed by atoms with E-state index in [0.717, 1.165) is 25.1 Å². The van der Waals surface area contributed by atoms with Crippen LogP contribution in [-0.4, -0.2) is 24.5 Å². The molecule has 23 heavy (non-hydrogen) atoms. The van der Waals surface area contributed by atoms with E-state index in [9.17, 15) is 4.79 Å². The number of pyridine rings is 1. The summed E-state index contributed by atoms with van der Waals surface area (Å²) in [5.41, 5.74) is 1.87. The molecular weight excluding hydrogens is 333 g/mol. The van der Waals surface area contributed by atoms with Crippen LogP contribution in [0.1, 0.15) is 30.3 Å². The van der Waals surface area contributed by atoms with Gasteiger partial charge in [0.1, 0.15) is 5.69 Å². The van der Waals surface area contributed by atoms with Gasteiger partial charge in [-0.05, 0) is 36.8 Å². The number of rotatable bonds is 6. The van der Waals surface area contributed by atoms with Crippen LogP contribution in [0, 0.1) is 0 Å². The first-order valence-electron chi connectivity index (χ1n) is 7.44. The van der Waals surface area contributed by atoms with Crippen LogP contribution < -0.4 is 10.2 Å². The Hall–Kier alpha value is -1.78. The van der Waals surface area contributed by atoms with E-state index in [1.54, 1.807) is 30.5 Å². The smallest absolute Gasteiger partial charge is 0.274 e. The van der Waals surface area contributed by atoms with Crippen LogP contribution in [0.15, 0.2) is 36.5 Å². The van der Waals surface area contributed by atoms with E-state index in [-0.39, 0.29) is 5.91 Å². The van der Waals surface area contributed by atoms with Gasteiger partial charge in [-0.15, -0.1) is 0 Å². The van der Waals surface area contributed by atoms with Gasteiger partial charge in [-0.25, -0.2) is 4.98 Å². The Balaban J connectivity index is 2.05. The van der Waals surface area contributed by atoms with Crippen molar-refractivity contribution in [2.24, 2.45) is 0 Å². The molecule has 2 rings (SSSR count). The highest BCUT2D eigenvalue weighted by molar-refractivity contribution is 6.35. The minimum Gasteiger partial charge on any atom is -0.373 e. The molecule has 122 valence electrons. The molecule has 0 spiro atoms. The molecule has 0 saturated heterocycles. The van der Waals surface area contributed by atoms with Crippen molar-refractivity contribution < 1.29 is 4.79 Å². The van der Waals surface area contributed by atoms with Crippen LogP contribution in [-0.2, 0) is 0 Å². The summed E-state index contributed by atoms with van der Waals surface area (Å²) in [6.45, 7) is 3.12. The maximum atomic E-state index is 12.2. The lowest BCUT2D eigenvalue weighted by Gasteiger charge is -2.18. The SMILES string of the molecule is CCCCN(C)c1ccc(C(=O)Nc2cc(Cl)cc(Cl)c2)nc1. The van der Waals surface area contributed by atoms with Gasteiger partial charge in [0, 0.05) is 29.3 Å². The molecule has 4 nitrogen and oxygen atoms in total. The third-order valence-corrected chi connectivity index (χ3v) is 3.83. The first-order chi connectivity index (χ1) is 11.0. The van der Waals surface area contributed by atoms with E-state index in [0.29, 0.717) is 21.4 Å². The summed E-state index contributed by atoms with van der Waals surface area (Å²) in [6, 6.07) is 8.48. The highest BCUT2D eigenvalue weighted by atomic mass is 35.5. The van der Waals surface area contributed by atoms with Crippen molar-refractivity contribution in [1.29, 1.82) is 0 Å². The Bertz CT molecular complexity index is 654. The summed E-state index contributed by atoms with van der Waals surface area (Å²) in [4.78, 5) is 18.6. The zero-order chi connectivity index (χ0) is 16.8. The highest BCUT2D eigenvalue weighted by Crippen LogP contribution is 2.23. The minimum atomic E-state index is -0.300. The zero-order valence-electron chi connectivity index (χ0n) is 13.1. The number of hydrogen-bond acceptors (Lipinski definition) is 3. The third-order valence-electron chi connectivity index (χ3n) is 3.39. The van der Waals surface area contributed by atoms with Crippen LogP contribution in [0.4, 0.5) is 11.4 Å². The molecule has 0 aliphatic heterocycles. The molecule has 1 N–H and O–H groups in total. The number of halogens is 2. The number of benzene rings is 1.